The van der Waals surface area contributed by atoms with E-state index in [4.69, 9.17) is 9.47 Å². The van der Waals surface area contributed by atoms with Gasteiger partial charge in [-0.2, -0.15) is 0 Å². The zero-order valence-corrected chi connectivity index (χ0v) is 10.9. The number of ether oxygens (including phenoxy) is 2. The molecule has 0 saturated heterocycles. The van der Waals surface area contributed by atoms with Crippen molar-refractivity contribution in [3.05, 3.63) is 24.0 Å². The summed E-state index contributed by atoms with van der Waals surface area (Å²) >= 11 is 0. The number of methoxy groups -OCH3 is 1. The molecule has 1 aromatic heterocycles. The fourth-order valence-electron chi connectivity index (χ4n) is 1.44. The lowest BCUT2D eigenvalue weighted by molar-refractivity contribution is 0.146. The Balaban J connectivity index is 2.43. The molecule has 0 fully saturated rings. The highest BCUT2D eigenvalue weighted by Gasteiger charge is 2.05. The molecule has 1 atom stereocenters. The predicted octanol–water partition coefficient (Wildman–Crippen LogP) is 2.17. The molecule has 1 aromatic rings. The summed E-state index contributed by atoms with van der Waals surface area (Å²) in [6.45, 7) is 6.43. The molecular weight excluding hydrogens is 216 g/mol. The molecule has 0 spiro atoms. The Bertz CT molecular complexity index is 301. The van der Waals surface area contributed by atoms with Crippen molar-refractivity contribution < 1.29 is 9.47 Å². The van der Waals surface area contributed by atoms with Gasteiger partial charge in [-0.1, -0.05) is 6.92 Å². The average Bonchev–Trinajstić information content (AvgIpc) is 2.37. The third-order valence-electron chi connectivity index (χ3n) is 2.46. The third kappa shape index (κ3) is 5.15. The fourth-order valence-corrected chi connectivity index (χ4v) is 1.44. The quantitative estimate of drug-likeness (QED) is 0.705. The van der Waals surface area contributed by atoms with Crippen LogP contribution in [0.4, 0.5) is 0 Å². The van der Waals surface area contributed by atoms with E-state index < -0.39 is 0 Å². The highest BCUT2D eigenvalue weighted by atomic mass is 16.5. The summed E-state index contributed by atoms with van der Waals surface area (Å²) in [5.41, 5.74) is 1.04. The van der Waals surface area contributed by atoms with Gasteiger partial charge in [-0.3, -0.25) is 4.98 Å². The summed E-state index contributed by atoms with van der Waals surface area (Å²) in [6, 6.07) is 4.22. The minimum atomic E-state index is 0.281. The molecule has 0 radical (unpaired) electrons. The largest absolute Gasteiger partial charge is 0.490 e. The second-order valence-electron chi connectivity index (χ2n) is 3.94. The van der Waals surface area contributed by atoms with Gasteiger partial charge in [0.2, 0.25) is 0 Å². The van der Waals surface area contributed by atoms with Crippen LogP contribution in [0.5, 0.6) is 5.75 Å². The maximum absolute atomic E-state index is 5.45. The number of pyridine rings is 1. The minimum absolute atomic E-state index is 0.281. The van der Waals surface area contributed by atoms with Crippen molar-refractivity contribution in [2.24, 2.45) is 0 Å². The summed E-state index contributed by atoms with van der Waals surface area (Å²) < 4.78 is 10.4. The van der Waals surface area contributed by atoms with Gasteiger partial charge in [-0.05, 0) is 32.0 Å². The van der Waals surface area contributed by atoms with Crippen molar-refractivity contribution in [2.75, 3.05) is 26.9 Å². The monoisotopic (exact) mass is 238 g/mol. The summed E-state index contributed by atoms with van der Waals surface area (Å²) in [6.07, 6.45) is 2.89. The molecule has 1 heterocycles. The first-order valence-corrected chi connectivity index (χ1v) is 6.09. The minimum Gasteiger partial charge on any atom is -0.490 e. The standard InChI is InChI=1S/C13H22N2O2/c1-4-7-14-11(2)13-6-5-12(10-15-13)17-9-8-16-3/h5-6,10-11,14H,4,7-9H2,1-3H3. The topological polar surface area (TPSA) is 43.4 Å². The SMILES string of the molecule is CCCNC(C)c1ccc(OCCOC)cn1. The van der Waals surface area contributed by atoms with Gasteiger partial charge in [0.25, 0.3) is 0 Å². The van der Waals surface area contributed by atoms with Crippen molar-refractivity contribution >= 4 is 0 Å². The normalized spacial score (nSPS) is 12.4. The number of aromatic nitrogens is 1. The second-order valence-corrected chi connectivity index (χ2v) is 3.94. The molecule has 0 saturated carbocycles. The van der Waals surface area contributed by atoms with Crippen molar-refractivity contribution in [3.63, 3.8) is 0 Å². The first kappa shape index (κ1) is 13.9. The van der Waals surface area contributed by atoms with Crippen LogP contribution in [0.25, 0.3) is 0 Å². The van der Waals surface area contributed by atoms with E-state index in [9.17, 15) is 0 Å². The Morgan fingerprint density at radius 3 is 2.76 bits per heavy atom. The summed E-state index contributed by atoms with van der Waals surface area (Å²) in [5, 5.41) is 3.40. The van der Waals surface area contributed by atoms with Crippen molar-refractivity contribution in [2.45, 2.75) is 26.3 Å². The van der Waals surface area contributed by atoms with Crippen LogP contribution in [0.2, 0.25) is 0 Å². The van der Waals surface area contributed by atoms with E-state index in [-0.39, 0.29) is 6.04 Å². The molecule has 1 rings (SSSR count). The number of hydrogen-bond acceptors (Lipinski definition) is 4. The molecule has 0 amide bonds. The van der Waals surface area contributed by atoms with E-state index in [1.54, 1.807) is 13.3 Å². The van der Waals surface area contributed by atoms with Crippen LogP contribution >= 0.6 is 0 Å². The molecule has 1 N–H and O–H groups in total. The first-order valence-electron chi connectivity index (χ1n) is 6.09. The lowest BCUT2D eigenvalue weighted by Gasteiger charge is -2.13. The predicted molar refractivity (Wildman–Crippen MR) is 68.3 cm³/mol. The average molecular weight is 238 g/mol. The van der Waals surface area contributed by atoms with Gasteiger partial charge in [0.05, 0.1) is 18.5 Å². The third-order valence-corrected chi connectivity index (χ3v) is 2.46. The van der Waals surface area contributed by atoms with Crippen LogP contribution in [-0.2, 0) is 4.74 Å². The van der Waals surface area contributed by atoms with Crippen molar-refractivity contribution in [3.8, 4) is 5.75 Å². The zero-order valence-electron chi connectivity index (χ0n) is 10.9. The molecule has 17 heavy (non-hydrogen) atoms. The Labute approximate surface area is 103 Å². The van der Waals surface area contributed by atoms with E-state index in [0.717, 1.165) is 24.4 Å². The van der Waals surface area contributed by atoms with Gasteiger partial charge in [0.15, 0.2) is 0 Å². The number of nitrogens with zero attached hydrogens (tertiary/aromatic N) is 1. The summed E-state index contributed by atoms with van der Waals surface area (Å²) in [5.74, 6) is 0.786. The molecule has 0 aliphatic rings. The Morgan fingerprint density at radius 2 is 2.18 bits per heavy atom. The molecule has 96 valence electrons. The maximum atomic E-state index is 5.45. The number of nitrogens with one attached hydrogen (secondary N) is 1. The van der Waals surface area contributed by atoms with Gasteiger partial charge < -0.3 is 14.8 Å². The molecule has 4 nitrogen and oxygen atoms in total. The second kappa shape index (κ2) is 8.03. The summed E-state index contributed by atoms with van der Waals surface area (Å²) in [7, 11) is 1.66. The van der Waals surface area contributed by atoms with Crippen LogP contribution in [0.3, 0.4) is 0 Å². The van der Waals surface area contributed by atoms with Crippen LogP contribution in [0, 0.1) is 0 Å². The Morgan fingerprint density at radius 1 is 1.35 bits per heavy atom. The smallest absolute Gasteiger partial charge is 0.137 e. The number of hydrogen-bond donors (Lipinski definition) is 1. The highest BCUT2D eigenvalue weighted by molar-refractivity contribution is 5.21. The van der Waals surface area contributed by atoms with Crippen LogP contribution in [0.1, 0.15) is 32.0 Å². The number of rotatable bonds is 8. The highest BCUT2D eigenvalue weighted by Crippen LogP contribution is 2.14. The van der Waals surface area contributed by atoms with E-state index in [1.165, 1.54) is 0 Å². The maximum Gasteiger partial charge on any atom is 0.137 e. The van der Waals surface area contributed by atoms with E-state index in [1.807, 2.05) is 12.1 Å². The van der Waals surface area contributed by atoms with E-state index in [0.29, 0.717) is 13.2 Å². The summed E-state index contributed by atoms with van der Waals surface area (Å²) in [4.78, 5) is 4.38. The molecule has 0 aliphatic heterocycles. The van der Waals surface area contributed by atoms with Crippen LogP contribution in [-0.4, -0.2) is 31.9 Å². The van der Waals surface area contributed by atoms with Crippen molar-refractivity contribution in [1.29, 1.82) is 0 Å². The first-order chi connectivity index (χ1) is 8.27. The lowest BCUT2D eigenvalue weighted by atomic mass is 10.2. The van der Waals surface area contributed by atoms with Gasteiger partial charge >= 0.3 is 0 Å². The lowest BCUT2D eigenvalue weighted by Crippen LogP contribution is -2.20. The van der Waals surface area contributed by atoms with Gasteiger partial charge in [0, 0.05) is 13.2 Å². The van der Waals surface area contributed by atoms with E-state index >= 15 is 0 Å². The molecule has 1 unspecified atom stereocenters. The van der Waals surface area contributed by atoms with Crippen molar-refractivity contribution in [1.82, 2.24) is 10.3 Å². The Kier molecular flexibility index (Phi) is 6.58. The fraction of sp³-hybridized carbons (Fsp3) is 0.615. The molecule has 0 bridgehead atoms. The van der Waals surface area contributed by atoms with Crippen LogP contribution in [0.15, 0.2) is 18.3 Å². The van der Waals surface area contributed by atoms with Gasteiger partial charge in [0.1, 0.15) is 12.4 Å². The van der Waals surface area contributed by atoms with Gasteiger partial charge in [-0.15, -0.1) is 0 Å². The zero-order chi connectivity index (χ0) is 12.5. The van der Waals surface area contributed by atoms with E-state index in [2.05, 4.69) is 24.1 Å². The Hall–Kier alpha value is -1.13. The van der Waals surface area contributed by atoms with Gasteiger partial charge in [-0.25, -0.2) is 0 Å². The molecule has 0 aliphatic carbocycles. The van der Waals surface area contributed by atoms with Crippen LogP contribution < -0.4 is 10.1 Å². The molecule has 0 aromatic carbocycles. The molecule has 4 heteroatoms. The molecular formula is C13H22N2O2.